The SMILES string of the molecule is c1ccc(-c2cc(-c3ccccc3)cc(-n3c4ccc5c6ccccc6n(-c6ccccc6)c5c4c4cccc(-c5ccccc5)c43)c2)cc1. The first-order valence-electron chi connectivity index (χ1n) is 17.2. The number of aromatic nitrogens is 2. The van der Waals surface area contributed by atoms with Crippen molar-refractivity contribution in [2.24, 2.45) is 0 Å². The number of fused-ring (bicyclic) bond motifs is 7. The van der Waals surface area contributed by atoms with Crippen LogP contribution in [-0.4, -0.2) is 9.13 Å². The molecule has 2 heterocycles. The van der Waals surface area contributed by atoms with E-state index in [1.807, 2.05) is 0 Å². The van der Waals surface area contributed by atoms with Crippen LogP contribution in [0, 0.1) is 0 Å². The molecule has 8 aromatic carbocycles. The summed E-state index contributed by atoms with van der Waals surface area (Å²) in [5.41, 5.74) is 14.3. The van der Waals surface area contributed by atoms with E-state index in [9.17, 15) is 0 Å². The van der Waals surface area contributed by atoms with Crippen molar-refractivity contribution in [1.29, 1.82) is 0 Å². The van der Waals surface area contributed by atoms with Crippen molar-refractivity contribution in [2.45, 2.75) is 0 Å². The lowest BCUT2D eigenvalue weighted by atomic mass is 9.97. The molecular formula is C48H32N2. The summed E-state index contributed by atoms with van der Waals surface area (Å²) >= 11 is 0. The smallest absolute Gasteiger partial charge is 0.0641 e. The molecule has 0 unspecified atom stereocenters. The first-order chi connectivity index (χ1) is 24.8. The number of benzene rings is 8. The Hall–Kier alpha value is -6.64. The fourth-order valence-corrected chi connectivity index (χ4v) is 7.90. The standard InChI is InChI=1S/C48H32N2/c1-5-16-33(17-6-1)36-30-37(34-18-7-2-8-19-34)32-39(31-36)50-45-29-28-42-41-24-13-14-27-44(41)49(38-22-11-4-12-23-38)48(42)46(45)43-26-15-25-40(47(43)50)35-20-9-3-10-21-35/h1-32H. The van der Waals surface area contributed by atoms with Crippen molar-refractivity contribution in [3.05, 3.63) is 194 Å². The minimum Gasteiger partial charge on any atom is -0.309 e. The molecule has 0 aliphatic rings. The maximum absolute atomic E-state index is 2.51. The highest BCUT2D eigenvalue weighted by Crippen LogP contribution is 2.45. The Morgan fingerprint density at radius 3 is 1.48 bits per heavy atom. The molecule has 0 bridgehead atoms. The summed E-state index contributed by atoms with van der Waals surface area (Å²) in [6.45, 7) is 0. The van der Waals surface area contributed by atoms with Gasteiger partial charge in [0, 0.05) is 38.5 Å². The van der Waals surface area contributed by atoms with E-state index in [0.29, 0.717) is 0 Å². The predicted octanol–water partition coefficient (Wildman–Crippen LogP) is 12.9. The predicted molar refractivity (Wildman–Crippen MR) is 211 cm³/mol. The van der Waals surface area contributed by atoms with Crippen molar-refractivity contribution < 1.29 is 0 Å². The molecule has 0 spiro atoms. The molecule has 0 aliphatic heterocycles. The molecule has 0 N–H and O–H groups in total. The summed E-state index contributed by atoms with van der Waals surface area (Å²) in [6, 6.07) is 70.4. The normalized spacial score (nSPS) is 11.6. The first-order valence-corrected chi connectivity index (χ1v) is 17.2. The summed E-state index contributed by atoms with van der Waals surface area (Å²) in [5, 5.41) is 5.00. The average Bonchev–Trinajstić information content (AvgIpc) is 3.72. The quantitative estimate of drug-likeness (QED) is 0.178. The van der Waals surface area contributed by atoms with Gasteiger partial charge in [-0.25, -0.2) is 0 Å². The molecule has 2 heteroatoms. The number of rotatable bonds is 5. The maximum atomic E-state index is 2.51. The van der Waals surface area contributed by atoms with Crippen molar-refractivity contribution in [3.63, 3.8) is 0 Å². The lowest BCUT2D eigenvalue weighted by Gasteiger charge is -2.16. The van der Waals surface area contributed by atoms with Crippen molar-refractivity contribution in [1.82, 2.24) is 9.13 Å². The van der Waals surface area contributed by atoms with Gasteiger partial charge < -0.3 is 9.13 Å². The fourth-order valence-electron chi connectivity index (χ4n) is 7.90. The van der Waals surface area contributed by atoms with Gasteiger partial charge in [0.05, 0.1) is 22.1 Å². The van der Waals surface area contributed by atoms with Gasteiger partial charge in [0.15, 0.2) is 0 Å². The Morgan fingerprint density at radius 2 is 0.820 bits per heavy atom. The summed E-state index contributed by atoms with van der Waals surface area (Å²) in [5.74, 6) is 0. The molecule has 0 aliphatic carbocycles. The second-order valence-corrected chi connectivity index (χ2v) is 12.9. The third-order valence-electron chi connectivity index (χ3n) is 10.1. The first kappa shape index (κ1) is 28.4. The van der Waals surface area contributed by atoms with E-state index in [4.69, 9.17) is 0 Å². The van der Waals surface area contributed by atoms with E-state index in [2.05, 4.69) is 203 Å². The fraction of sp³-hybridized carbons (Fsp3) is 0. The van der Waals surface area contributed by atoms with Crippen LogP contribution in [0.3, 0.4) is 0 Å². The maximum Gasteiger partial charge on any atom is 0.0641 e. The zero-order chi connectivity index (χ0) is 33.0. The molecule has 0 radical (unpaired) electrons. The minimum atomic E-state index is 1.13. The number of hydrogen-bond acceptors (Lipinski definition) is 0. The van der Waals surface area contributed by atoms with E-state index >= 15 is 0 Å². The summed E-state index contributed by atoms with van der Waals surface area (Å²) in [7, 11) is 0. The van der Waals surface area contributed by atoms with Crippen molar-refractivity contribution in [3.8, 4) is 44.8 Å². The number of nitrogens with zero attached hydrogens (tertiary/aromatic N) is 2. The molecule has 0 atom stereocenters. The van der Waals surface area contributed by atoms with Crippen LogP contribution in [0.15, 0.2) is 194 Å². The summed E-state index contributed by atoms with van der Waals surface area (Å²) < 4.78 is 4.97. The highest BCUT2D eigenvalue weighted by atomic mass is 15.0. The Labute approximate surface area is 290 Å². The average molecular weight is 637 g/mol. The number of para-hydroxylation sites is 3. The number of hydrogen-bond donors (Lipinski definition) is 0. The van der Waals surface area contributed by atoms with Gasteiger partial charge in [-0.2, -0.15) is 0 Å². The Balaban J connectivity index is 1.41. The largest absolute Gasteiger partial charge is 0.309 e. The van der Waals surface area contributed by atoms with Gasteiger partial charge >= 0.3 is 0 Å². The van der Waals surface area contributed by atoms with Crippen LogP contribution in [0.4, 0.5) is 0 Å². The van der Waals surface area contributed by atoms with E-state index < -0.39 is 0 Å². The molecule has 0 fully saturated rings. The molecule has 0 amide bonds. The van der Waals surface area contributed by atoms with Gasteiger partial charge in [-0.3, -0.25) is 0 Å². The van der Waals surface area contributed by atoms with Gasteiger partial charge in [0.1, 0.15) is 0 Å². The van der Waals surface area contributed by atoms with Crippen molar-refractivity contribution >= 4 is 43.6 Å². The lowest BCUT2D eigenvalue weighted by molar-refractivity contribution is 1.17. The zero-order valence-electron chi connectivity index (χ0n) is 27.4. The van der Waals surface area contributed by atoms with E-state index in [1.165, 1.54) is 77.0 Å². The van der Waals surface area contributed by atoms with Crippen LogP contribution in [0.2, 0.25) is 0 Å². The third-order valence-corrected chi connectivity index (χ3v) is 10.1. The Morgan fingerprint density at radius 1 is 0.280 bits per heavy atom. The van der Waals surface area contributed by atoms with Crippen LogP contribution < -0.4 is 0 Å². The second kappa shape index (κ2) is 11.5. The second-order valence-electron chi connectivity index (χ2n) is 12.9. The molecule has 0 saturated carbocycles. The van der Waals surface area contributed by atoms with E-state index in [1.54, 1.807) is 0 Å². The highest BCUT2D eigenvalue weighted by molar-refractivity contribution is 6.27. The van der Waals surface area contributed by atoms with E-state index in [-0.39, 0.29) is 0 Å². The zero-order valence-corrected chi connectivity index (χ0v) is 27.4. The summed E-state index contributed by atoms with van der Waals surface area (Å²) in [6.07, 6.45) is 0. The van der Waals surface area contributed by atoms with Crippen molar-refractivity contribution in [2.75, 3.05) is 0 Å². The van der Waals surface area contributed by atoms with Gasteiger partial charge in [0.2, 0.25) is 0 Å². The van der Waals surface area contributed by atoms with Crippen LogP contribution in [-0.2, 0) is 0 Å². The monoisotopic (exact) mass is 636 g/mol. The Kier molecular flexibility index (Phi) is 6.53. The molecule has 234 valence electrons. The summed E-state index contributed by atoms with van der Waals surface area (Å²) in [4.78, 5) is 0. The molecule has 2 aromatic heterocycles. The van der Waals surface area contributed by atoms with Gasteiger partial charge in [-0.05, 0) is 70.3 Å². The van der Waals surface area contributed by atoms with Gasteiger partial charge in [-0.1, -0.05) is 152 Å². The van der Waals surface area contributed by atoms with Crippen LogP contribution in [0.5, 0.6) is 0 Å². The molecule has 50 heavy (non-hydrogen) atoms. The molecule has 10 rings (SSSR count). The van der Waals surface area contributed by atoms with Gasteiger partial charge in [-0.15, -0.1) is 0 Å². The Bertz CT molecular complexity index is 2770. The lowest BCUT2D eigenvalue weighted by Crippen LogP contribution is -1.98. The van der Waals surface area contributed by atoms with Crippen LogP contribution in [0.25, 0.3) is 88.4 Å². The molecule has 0 saturated heterocycles. The molecule has 2 nitrogen and oxygen atoms in total. The minimum absolute atomic E-state index is 1.13. The van der Waals surface area contributed by atoms with Crippen LogP contribution in [0.1, 0.15) is 0 Å². The van der Waals surface area contributed by atoms with Crippen LogP contribution >= 0.6 is 0 Å². The van der Waals surface area contributed by atoms with Gasteiger partial charge in [0.25, 0.3) is 0 Å². The topological polar surface area (TPSA) is 9.86 Å². The third kappa shape index (κ3) is 4.43. The van der Waals surface area contributed by atoms with E-state index in [0.717, 1.165) is 11.4 Å². The highest BCUT2D eigenvalue weighted by Gasteiger charge is 2.23. The molecular weight excluding hydrogens is 605 g/mol. The molecule has 10 aromatic rings.